The number of aliphatic carboxylic acids is 1. The molecule has 1 aromatic carbocycles. The second kappa shape index (κ2) is 7.49. The van der Waals surface area contributed by atoms with E-state index in [0.717, 1.165) is 5.56 Å². The Labute approximate surface area is 118 Å². The van der Waals surface area contributed by atoms with Gasteiger partial charge in [0.1, 0.15) is 0 Å². The zero-order chi connectivity index (χ0) is 15.1. The van der Waals surface area contributed by atoms with Crippen molar-refractivity contribution in [1.29, 1.82) is 0 Å². The number of hydrogen-bond acceptors (Lipinski definition) is 3. The lowest BCUT2D eigenvalue weighted by molar-refractivity contribution is -0.140. The first-order valence-electron chi connectivity index (χ1n) is 6.34. The number of carboxylic acid groups (broad SMARTS) is 1. The fourth-order valence-electron chi connectivity index (χ4n) is 1.77. The second-order valence-electron chi connectivity index (χ2n) is 4.69. The summed E-state index contributed by atoms with van der Waals surface area (Å²) in [6.45, 7) is 3.95. The van der Waals surface area contributed by atoms with Crippen LogP contribution in [0, 0.1) is 0 Å². The monoisotopic (exact) mass is 280 g/mol. The molecule has 0 bridgehead atoms. The van der Waals surface area contributed by atoms with Crippen LogP contribution in [0.1, 0.15) is 25.3 Å². The third-order valence-electron chi connectivity index (χ3n) is 2.77. The van der Waals surface area contributed by atoms with Gasteiger partial charge in [0.2, 0.25) is 0 Å². The van der Waals surface area contributed by atoms with Gasteiger partial charge >= 0.3 is 12.0 Å². The average Bonchev–Trinajstić information content (AvgIpc) is 2.38. The minimum absolute atomic E-state index is 0.0887. The molecule has 0 radical (unpaired) electrons. The van der Waals surface area contributed by atoms with Crippen LogP contribution in [0.2, 0.25) is 0 Å². The number of para-hydroxylation sites is 1. The molecule has 0 aromatic heterocycles. The lowest BCUT2D eigenvalue weighted by Gasteiger charge is -2.17. The summed E-state index contributed by atoms with van der Waals surface area (Å²) in [5.74, 6) is -0.889. The minimum Gasteiger partial charge on any atom is -0.480 e. The van der Waals surface area contributed by atoms with E-state index in [1.807, 2.05) is 32.0 Å². The molecule has 110 valence electrons. The molecular weight excluding hydrogens is 260 g/mol. The van der Waals surface area contributed by atoms with E-state index in [1.54, 1.807) is 6.07 Å². The molecule has 0 heterocycles. The smallest absolute Gasteiger partial charge is 0.328 e. The summed E-state index contributed by atoms with van der Waals surface area (Å²) in [5.41, 5.74) is 1.66. The number of methoxy groups -OCH3 is 1. The van der Waals surface area contributed by atoms with E-state index in [9.17, 15) is 9.59 Å². The topological polar surface area (TPSA) is 87.7 Å². The summed E-state index contributed by atoms with van der Waals surface area (Å²) in [7, 11) is 1.38. The standard InChI is InChI=1S/C14H20N2O4/c1-9(2)10-6-4-5-7-11(10)15-14(19)16-12(8-20-3)13(17)18/h4-7,9,12H,8H2,1-3H3,(H,17,18)(H2,15,16,19). The molecule has 0 fully saturated rings. The molecule has 2 amide bonds. The number of urea groups is 1. The zero-order valence-electron chi connectivity index (χ0n) is 11.8. The summed E-state index contributed by atoms with van der Waals surface area (Å²) < 4.78 is 4.75. The fourth-order valence-corrected chi connectivity index (χ4v) is 1.77. The van der Waals surface area contributed by atoms with Crippen molar-refractivity contribution < 1.29 is 19.4 Å². The molecule has 1 unspecified atom stereocenters. The van der Waals surface area contributed by atoms with Crippen LogP contribution < -0.4 is 10.6 Å². The third kappa shape index (κ3) is 4.55. The largest absolute Gasteiger partial charge is 0.480 e. The van der Waals surface area contributed by atoms with Gasteiger partial charge in [0.25, 0.3) is 0 Å². The van der Waals surface area contributed by atoms with E-state index in [0.29, 0.717) is 5.69 Å². The van der Waals surface area contributed by atoms with Gasteiger partial charge in [-0.1, -0.05) is 32.0 Å². The number of ether oxygens (including phenoxy) is 1. The maximum atomic E-state index is 11.8. The van der Waals surface area contributed by atoms with Crippen LogP contribution in [0.5, 0.6) is 0 Å². The Balaban J connectivity index is 2.73. The number of carbonyl (C=O) groups excluding carboxylic acids is 1. The van der Waals surface area contributed by atoms with Crippen LogP contribution >= 0.6 is 0 Å². The highest BCUT2D eigenvalue weighted by Gasteiger charge is 2.20. The van der Waals surface area contributed by atoms with Gasteiger partial charge in [0, 0.05) is 12.8 Å². The van der Waals surface area contributed by atoms with Crippen molar-refractivity contribution in [3.8, 4) is 0 Å². The van der Waals surface area contributed by atoms with E-state index >= 15 is 0 Å². The van der Waals surface area contributed by atoms with Crippen molar-refractivity contribution in [3.63, 3.8) is 0 Å². The maximum Gasteiger partial charge on any atom is 0.328 e. The first-order chi connectivity index (χ1) is 9.45. The molecule has 1 aromatic rings. The van der Waals surface area contributed by atoms with Gasteiger partial charge in [-0.3, -0.25) is 0 Å². The van der Waals surface area contributed by atoms with Gasteiger partial charge in [0.15, 0.2) is 6.04 Å². The first-order valence-corrected chi connectivity index (χ1v) is 6.34. The van der Waals surface area contributed by atoms with E-state index in [-0.39, 0.29) is 12.5 Å². The number of nitrogens with one attached hydrogen (secondary N) is 2. The van der Waals surface area contributed by atoms with Crippen molar-refractivity contribution in [2.45, 2.75) is 25.8 Å². The highest BCUT2D eigenvalue weighted by Crippen LogP contribution is 2.23. The van der Waals surface area contributed by atoms with Crippen LogP contribution in [0.15, 0.2) is 24.3 Å². The number of carboxylic acids is 1. The molecule has 3 N–H and O–H groups in total. The molecule has 0 saturated carbocycles. The minimum atomic E-state index is -1.14. The number of benzene rings is 1. The molecule has 6 nitrogen and oxygen atoms in total. The van der Waals surface area contributed by atoms with Gasteiger partial charge in [-0.2, -0.15) is 0 Å². The van der Waals surface area contributed by atoms with Crippen LogP contribution in [0.4, 0.5) is 10.5 Å². The Hall–Kier alpha value is -2.08. The molecule has 0 saturated heterocycles. The highest BCUT2D eigenvalue weighted by atomic mass is 16.5. The maximum absolute atomic E-state index is 11.8. The van der Waals surface area contributed by atoms with Crippen molar-refractivity contribution in [1.82, 2.24) is 5.32 Å². The van der Waals surface area contributed by atoms with Crippen molar-refractivity contribution >= 4 is 17.7 Å². The molecule has 6 heteroatoms. The molecule has 1 rings (SSSR count). The van der Waals surface area contributed by atoms with E-state index < -0.39 is 18.0 Å². The Morgan fingerprint density at radius 2 is 1.95 bits per heavy atom. The number of carbonyl (C=O) groups is 2. The lowest BCUT2D eigenvalue weighted by atomic mass is 10.0. The van der Waals surface area contributed by atoms with Gasteiger partial charge in [0.05, 0.1) is 6.61 Å². The molecule has 0 spiro atoms. The summed E-state index contributed by atoms with van der Waals surface area (Å²) in [5, 5.41) is 14.0. The van der Waals surface area contributed by atoms with Crippen molar-refractivity contribution in [2.24, 2.45) is 0 Å². The highest BCUT2D eigenvalue weighted by molar-refractivity contribution is 5.93. The predicted molar refractivity (Wildman–Crippen MR) is 76.0 cm³/mol. The number of hydrogen-bond donors (Lipinski definition) is 3. The van der Waals surface area contributed by atoms with Crippen LogP contribution in [-0.4, -0.2) is 36.9 Å². The molecule has 1 atom stereocenters. The van der Waals surface area contributed by atoms with Crippen LogP contribution in [-0.2, 0) is 9.53 Å². The van der Waals surface area contributed by atoms with Crippen molar-refractivity contribution in [2.75, 3.05) is 19.0 Å². The summed E-state index contributed by atoms with van der Waals surface area (Å²) >= 11 is 0. The van der Waals surface area contributed by atoms with Crippen LogP contribution in [0.3, 0.4) is 0 Å². The van der Waals surface area contributed by atoms with Crippen LogP contribution in [0.25, 0.3) is 0 Å². The van der Waals surface area contributed by atoms with E-state index in [4.69, 9.17) is 9.84 Å². The second-order valence-corrected chi connectivity index (χ2v) is 4.69. The normalized spacial score (nSPS) is 12.0. The number of anilines is 1. The Kier molecular flexibility index (Phi) is 5.99. The quantitative estimate of drug-likeness (QED) is 0.744. The van der Waals surface area contributed by atoms with Gasteiger partial charge in [-0.05, 0) is 17.5 Å². The molecular formula is C14H20N2O4. The SMILES string of the molecule is COCC(NC(=O)Nc1ccccc1C(C)C)C(=O)O. The Morgan fingerprint density at radius 1 is 1.30 bits per heavy atom. The third-order valence-corrected chi connectivity index (χ3v) is 2.77. The Bertz CT molecular complexity index is 474. The fraction of sp³-hybridized carbons (Fsp3) is 0.429. The van der Waals surface area contributed by atoms with Gasteiger partial charge < -0.3 is 20.5 Å². The zero-order valence-corrected chi connectivity index (χ0v) is 11.8. The molecule has 0 aliphatic heterocycles. The molecule has 0 aliphatic carbocycles. The predicted octanol–water partition coefficient (Wildman–Crippen LogP) is 2.03. The Morgan fingerprint density at radius 3 is 2.50 bits per heavy atom. The number of rotatable bonds is 6. The van der Waals surface area contributed by atoms with E-state index in [2.05, 4.69) is 10.6 Å². The molecule has 20 heavy (non-hydrogen) atoms. The summed E-state index contributed by atoms with van der Waals surface area (Å²) in [6.07, 6.45) is 0. The lowest BCUT2D eigenvalue weighted by Crippen LogP contribution is -2.45. The summed E-state index contributed by atoms with van der Waals surface area (Å²) in [4.78, 5) is 22.8. The van der Waals surface area contributed by atoms with Crippen molar-refractivity contribution in [3.05, 3.63) is 29.8 Å². The van der Waals surface area contributed by atoms with E-state index in [1.165, 1.54) is 7.11 Å². The first kappa shape index (κ1) is 16.0. The summed E-state index contributed by atoms with van der Waals surface area (Å²) in [6, 6.07) is 5.76. The van der Waals surface area contributed by atoms with Gasteiger partial charge in [-0.15, -0.1) is 0 Å². The number of amides is 2. The molecule has 0 aliphatic rings. The van der Waals surface area contributed by atoms with Gasteiger partial charge in [-0.25, -0.2) is 9.59 Å². The average molecular weight is 280 g/mol.